The molecule has 1 atom stereocenters. The molecule has 1 unspecified atom stereocenters. The van der Waals surface area contributed by atoms with Crippen LogP contribution in [0.1, 0.15) is 23.4 Å². The molecule has 142 valence electrons. The predicted molar refractivity (Wildman–Crippen MR) is 96.5 cm³/mol. The van der Waals surface area contributed by atoms with Gasteiger partial charge < -0.3 is 24.3 Å². The van der Waals surface area contributed by atoms with Gasteiger partial charge in [0.15, 0.2) is 17.4 Å². The Balaban J connectivity index is 1.31. The van der Waals surface area contributed by atoms with Crippen molar-refractivity contribution in [2.75, 3.05) is 43.0 Å². The summed E-state index contributed by atoms with van der Waals surface area (Å²) in [5, 5.41) is 11.0. The number of ether oxygens (including phenoxy) is 1. The van der Waals surface area contributed by atoms with Crippen LogP contribution in [0, 0.1) is 0 Å². The van der Waals surface area contributed by atoms with Crippen LogP contribution in [0.25, 0.3) is 0 Å². The van der Waals surface area contributed by atoms with Crippen molar-refractivity contribution in [1.82, 2.24) is 15.1 Å². The van der Waals surface area contributed by atoms with Gasteiger partial charge >= 0.3 is 0 Å². The zero-order valence-electron chi connectivity index (χ0n) is 14.8. The maximum atomic E-state index is 12.3. The van der Waals surface area contributed by atoms with Gasteiger partial charge in [-0.3, -0.25) is 9.59 Å². The van der Waals surface area contributed by atoms with Crippen molar-refractivity contribution in [3.8, 4) is 0 Å². The van der Waals surface area contributed by atoms with Crippen molar-refractivity contribution in [2.24, 2.45) is 0 Å². The lowest BCUT2D eigenvalue weighted by molar-refractivity contribution is -0.124. The Labute approximate surface area is 156 Å². The minimum atomic E-state index is -0.397. The monoisotopic (exact) mass is 371 g/mol. The lowest BCUT2D eigenvalue weighted by Crippen LogP contribution is -2.49. The second-order valence-corrected chi connectivity index (χ2v) is 6.52. The Kier molecular flexibility index (Phi) is 5.01. The molecule has 2 amide bonds. The Morgan fingerprint density at radius 2 is 1.96 bits per heavy atom. The average Bonchev–Trinajstić information content (AvgIpc) is 3.42. The SMILES string of the molecule is O=C(Nc1ccc(N2CCN(C(=O)c3ccco3)CC2)nn1)C1CCCO1. The third-order valence-corrected chi connectivity index (χ3v) is 4.75. The minimum Gasteiger partial charge on any atom is -0.459 e. The summed E-state index contributed by atoms with van der Waals surface area (Å²) in [5.74, 6) is 1.20. The molecule has 9 heteroatoms. The third-order valence-electron chi connectivity index (χ3n) is 4.75. The number of aromatic nitrogens is 2. The molecule has 0 aliphatic carbocycles. The van der Waals surface area contributed by atoms with Gasteiger partial charge in [-0.1, -0.05) is 0 Å². The van der Waals surface area contributed by atoms with Crippen LogP contribution >= 0.6 is 0 Å². The molecule has 2 aliphatic heterocycles. The molecular weight excluding hydrogens is 350 g/mol. The van der Waals surface area contributed by atoms with Gasteiger partial charge in [0.05, 0.1) is 6.26 Å². The van der Waals surface area contributed by atoms with Crippen molar-refractivity contribution < 1.29 is 18.7 Å². The molecule has 27 heavy (non-hydrogen) atoms. The largest absolute Gasteiger partial charge is 0.459 e. The summed E-state index contributed by atoms with van der Waals surface area (Å²) >= 11 is 0. The fraction of sp³-hybridized carbons (Fsp3) is 0.444. The van der Waals surface area contributed by atoms with Gasteiger partial charge in [-0.2, -0.15) is 0 Å². The van der Waals surface area contributed by atoms with Crippen molar-refractivity contribution in [3.63, 3.8) is 0 Å². The standard InChI is InChI=1S/C18H21N5O4/c24-17(13-3-1-11-26-13)19-15-5-6-16(21-20-15)22-7-9-23(10-8-22)18(25)14-4-2-12-27-14/h2,4-6,12-13H,1,3,7-11H2,(H,19,20,24). The molecule has 2 aliphatic rings. The molecule has 0 bridgehead atoms. The highest BCUT2D eigenvalue weighted by molar-refractivity contribution is 5.93. The molecule has 0 aromatic carbocycles. The fourth-order valence-electron chi connectivity index (χ4n) is 3.25. The van der Waals surface area contributed by atoms with Crippen LogP contribution < -0.4 is 10.2 Å². The molecule has 0 spiro atoms. The number of piperazine rings is 1. The van der Waals surface area contributed by atoms with Crippen LogP contribution in [0.4, 0.5) is 11.6 Å². The molecule has 2 aromatic heterocycles. The Morgan fingerprint density at radius 1 is 1.11 bits per heavy atom. The van der Waals surface area contributed by atoms with Crippen LogP contribution in [0.15, 0.2) is 34.9 Å². The first-order chi connectivity index (χ1) is 13.2. The molecular formula is C18H21N5O4. The number of nitrogens with zero attached hydrogens (tertiary/aromatic N) is 4. The van der Waals surface area contributed by atoms with Gasteiger partial charge in [0.2, 0.25) is 0 Å². The number of nitrogens with one attached hydrogen (secondary N) is 1. The molecule has 4 rings (SSSR count). The number of anilines is 2. The third kappa shape index (κ3) is 3.92. The van der Waals surface area contributed by atoms with E-state index < -0.39 is 6.10 Å². The number of carbonyl (C=O) groups is 2. The van der Waals surface area contributed by atoms with Gasteiger partial charge in [0.25, 0.3) is 11.8 Å². The van der Waals surface area contributed by atoms with Crippen molar-refractivity contribution in [3.05, 3.63) is 36.3 Å². The number of carbonyl (C=O) groups excluding carboxylic acids is 2. The predicted octanol–water partition coefficient (Wildman–Crippen LogP) is 1.15. The van der Waals surface area contributed by atoms with Crippen molar-refractivity contribution >= 4 is 23.5 Å². The first-order valence-corrected chi connectivity index (χ1v) is 9.04. The van der Waals surface area contributed by atoms with Crippen molar-refractivity contribution in [1.29, 1.82) is 0 Å². The molecule has 0 saturated carbocycles. The number of hydrogen-bond donors (Lipinski definition) is 1. The highest BCUT2D eigenvalue weighted by atomic mass is 16.5. The van der Waals surface area contributed by atoms with E-state index in [1.54, 1.807) is 23.1 Å². The normalized spacial score (nSPS) is 19.9. The zero-order chi connectivity index (χ0) is 18.6. The fourth-order valence-corrected chi connectivity index (χ4v) is 3.25. The van der Waals surface area contributed by atoms with Crippen LogP contribution in [-0.2, 0) is 9.53 Å². The van der Waals surface area contributed by atoms with Gasteiger partial charge in [-0.25, -0.2) is 0 Å². The van der Waals surface area contributed by atoms with E-state index in [4.69, 9.17) is 9.15 Å². The smallest absolute Gasteiger partial charge is 0.289 e. The molecule has 4 heterocycles. The topological polar surface area (TPSA) is 101 Å². The van der Waals surface area contributed by atoms with Crippen LogP contribution in [0.3, 0.4) is 0 Å². The second kappa shape index (κ2) is 7.75. The minimum absolute atomic E-state index is 0.0991. The summed E-state index contributed by atoms with van der Waals surface area (Å²) in [6.07, 6.45) is 2.74. The molecule has 2 aromatic rings. The van der Waals surface area contributed by atoms with E-state index in [-0.39, 0.29) is 11.8 Å². The first kappa shape index (κ1) is 17.5. The number of hydrogen-bond acceptors (Lipinski definition) is 7. The molecule has 1 N–H and O–H groups in total. The zero-order valence-corrected chi connectivity index (χ0v) is 14.8. The Morgan fingerprint density at radius 3 is 2.59 bits per heavy atom. The number of amides is 2. The van der Waals surface area contributed by atoms with E-state index in [0.29, 0.717) is 44.4 Å². The van der Waals surface area contributed by atoms with Gasteiger partial charge in [-0.05, 0) is 37.1 Å². The van der Waals surface area contributed by atoms with E-state index in [1.165, 1.54) is 6.26 Å². The van der Waals surface area contributed by atoms with E-state index >= 15 is 0 Å². The van der Waals surface area contributed by atoms with Gasteiger partial charge in [0.1, 0.15) is 6.10 Å². The second-order valence-electron chi connectivity index (χ2n) is 6.52. The Hall–Kier alpha value is -2.94. The highest BCUT2D eigenvalue weighted by Crippen LogP contribution is 2.17. The summed E-state index contributed by atoms with van der Waals surface area (Å²) in [6, 6.07) is 6.93. The van der Waals surface area contributed by atoms with Crippen LogP contribution in [-0.4, -0.2) is 65.8 Å². The van der Waals surface area contributed by atoms with E-state index in [2.05, 4.69) is 20.4 Å². The van der Waals surface area contributed by atoms with E-state index in [9.17, 15) is 9.59 Å². The van der Waals surface area contributed by atoms with Crippen molar-refractivity contribution in [2.45, 2.75) is 18.9 Å². The first-order valence-electron chi connectivity index (χ1n) is 9.04. The lowest BCUT2D eigenvalue weighted by Gasteiger charge is -2.34. The average molecular weight is 371 g/mol. The summed E-state index contributed by atoms with van der Waals surface area (Å²) in [5.41, 5.74) is 0. The maximum absolute atomic E-state index is 12.3. The number of rotatable bonds is 4. The van der Waals surface area contributed by atoms with Gasteiger partial charge in [-0.15, -0.1) is 10.2 Å². The summed E-state index contributed by atoms with van der Waals surface area (Å²) in [7, 11) is 0. The van der Waals surface area contributed by atoms with E-state index in [0.717, 1.165) is 18.7 Å². The number of furan rings is 1. The quantitative estimate of drug-likeness (QED) is 0.860. The highest BCUT2D eigenvalue weighted by Gasteiger charge is 2.25. The molecule has 2 saturated heterocycles. The van der Waals surface area contributed by atoms with Crippen LogP contribution in [0.2, 0.25) is 0 Å². The van der Waals surface area contributed by atoms with Crippen LogP contribution in [0.5, 0.6) is 0 Å². The molecule has 9 nitrogen and oxygen atoms in total. The lowest BCUT2D eigenvalue weighted by atomic mass is 10.2. The van der Waals surface area contributed by atoms with E-state index in [1.807, 2.05) is 6.07 Å². The van der Waals surface area contributed by atoms with Gasteiger partial charge in [0, 0.05) is 32.8 Å². The summed E-state index contributed by atoms with van der Waals surface area (Å²) < 4.78 is 10.5. The Bertz CT molecular complexity index is 779. The molecule has 2 fully saturated rings. The maximum Gasteiger partial charge on any atom is 0.289 e. The summed E-state index contributed by atoms with van der Waals surface area (Å²) in [4.78, 5) is 28.2. The molecule has 0 radical (unpaired) electrons. The summed E-state index contributed by atoms with van der Waals surface area (Å²) in [6.45, 7) is 3.10.